The van der Waals surface area contributed by atoms with Crippen LogP contribution in [0.2, 0.25) is 0 Å². The topological polar surface area (TPSA) is 63.6 Å². The summed E-state index contributed by atoms with van der Waals surface area (Å²) < 4.78 is 4.03. The van der Waals surface area contributed by atoms with E-state index in [1.54, 1.807) is 11.3 Å². The molecule has 0 radical (unpaired) electrons. The average Bonchev–Trinajstić information content (AvgIpc) is 2.93. The minimum atomic E-state index is 0.0885. The molecule has 0 unspecified atom stereocenters. The highest BCUT2D eigenvalue weighted by molar-refractivity contribution is 7.19. The second kappa shape index (κ2) is 6.02. The van der Waals surface area contributed by atoms with Crippen LogP contribution in [-0.4, -0.2) is 25.3 Å². The number of rotatable bonds is 5. The third kappa shape index (κ3) is 4.02. The lowest BCUT2D eigenvalue weighted by Gasteiger charge is -2.19. The van der Waals surface area contributed by atoms with Gasteiger partial charge in [0.1, 0.15) is 9.88 Å². The van der Waals surface area contributed by atoms with Crippen molar-refractivity contribution >= 4 is 22.9 Å². The Morgan fingerprint density at radius 2 is 1.95 bits per heavy atom. The second-order valence-electron chi connectivity index (χ2n) is 5.40. The molecule has 0 aromatic carbocycles. The molecule has 0 amide bonds. The molecule has 2 aromatic rings. The Balaban J connectivity index is 2.10. The van der Waals surface area contributed by atoms with E-state index in [9.17, 15) is 0 Å². The summed E-state index contributed by atoms with van der Waals surface area (Å²) in [5.41, 5.74) is 1.13. The van der Waals surface area contributed by atoms with E-state index in [1.165, 1.54) is 11.5 Å². The van der Waals surface area contributed by atoms with Gasteiger partial charge in [-0.3, -0.25) is 0 Å². The highest BCUT2D eigenvalue weighted by Crippen LogP contribution is 2.29. The minimum Gasteiger partial charge on any atom is -0.306 e. The van der Waals surface area contributed by atoms with Crippen LogP contribution in [0.4, 0.5) is 0 Å². The fraction of sp³-hybridized carbons (Fsp3) is 0.667. The molecule has 0 saturated carbocycles. The van der Waals surface area contributed by atoms with Crippen molar-refractivity contribution in [1.82, 2.24) is 25.1 Å². The summed E-state index contributed by atoms with van der Waals surface area (Å²) in [4.78, 5) is 1.07. The SMILES string of the molecule is CCCc1nnsc1-c1nnc(CNC(C)(C)C)s1. The third-order valence-electron chi connectivity index (χ3n) is 2.47. The first-order chi connectivity index (χ1) is 8.99. The van der Waals surface area contributed by atoms with Crippen molar-refractivity contribution in [2.45, 2.75) is 52.6 Å². The van der Waals surface area contributed by atoms with Gasteiger partial charge in [-0.15, -0.1) is 15.3 Å². The molecule has 2 rings (SSSR count). The maximum atomic E-state index is 4.26. The molecule has 0 spiro atoms. The smallest absolute Gasteiger partial charge is 0.161 e. The molecular formula is C12H19N5S2. The van der Waals surface area contributed by atoms with Crippen molar-refractivity contribution in [1.29, 1.82) is 0 Å². The highest BCUT2D eigenvalue weighted by Gasteiger charge is 2.16. The van der Waals surface area contributed by atoms with E-state index < -0.39 is 0 Å². The Labute approximate surface area is 121 Å². The summed E-state index contributed by atoms with van der Waals surface area (Å²) in [6.07, 6.45) is 2.01. The predicted molar refractivity (Wildman–Crippen MR) is 79.4 cm³/mol. The number of aromatic nitrogens is 4. The van der Waals surface area contributed by atoms with E-state index in [4.69, 9.17) is 0 Å². The van der Waals surface area contributed by atoms with Gasteiger partial charge in [0.05, 0.1) is 12.2 Å². The van der Waals surface area contributed by atoms with Crippen molar-refractivity contribution in [2.75, 3.05) is 0 Å². The van der Waals surface area contributed by atoms with Crippen LogP contribution in [0.25, 0.3) is 9.88 Å². The molecule has 104 valence electrons. The Kier molecular flexibility index (Phi) is 4.59. The first kappa shape index (κ1) is 14.5. The van der Waals surface area contributed by atoms with Gasteiger partial charge in [0.25, 0.3) is 0 Å². The van der Waals surface area contributed by atoms with Crippen LogP contribution in [0.3, 0.4) is 0 Å². The summed E-state index contributed by atoms with van der Waals surface area (Å²) in [5, 5.41) is 18.0. The first-order valence-corrected chi connectivity index (χ1v) is 7.97. The van der Waals surface area contributed by atoms with E-state index in [-0.39, 0.29) is 5.54 Å². The normalized spacial score (nSPS) is 12.0. The number of aryl methyl sites for hydroxylation is 1. The largest absolute Gasteiger partial charge is 0.306 e. The van der Waals surface area contributed by atoms with Gasteiger partial charge in [0.15, 0.2) is 5.01 Å². The highest BCUT2D eigenvalue weighted by atomic mass is 32.1. The van der Waals surface area contributed by atoms with Crippen LogP contribution in [0, 0.1) is 0 Å². The Bertz CT molecular complexity index is 526. The zero-order chi connectivity index (χ0) is 13.9. The van der Waals surface area contributed by atoms with Gasteiger partial charge in [0, 0.05) is 5.54 Å². The quantitative estimate of drug-likeness (QED) is 0.919. The van der Waals surface area contributed by atoms with E-state index in [0.717, 1.165) is 40.0 Å². The van der Waals surface area contributed by atoms with E-state index >= 15 is 0 Å². The molecule has 2 heterocycles. The zero-order valence-corrected chi connectivity index (χ0v) is 13.4. The third-order valence-corrected chi connectivity index (χ3v) is 4.32. The van der Waals surface area contributed by atoms with Gasteiger partial charge < -0.3 is 5.32 Å². The number of nitrogens with one attached hydrogen (secondary N) is 1. The van der Waals surface area contributed by atoms with E-state index in [1.807, 2.05) is 0 Å². The lowest BCUT2D eigenvalue weighted by atomic mass is 10.1. The summed E-state index contributed by atoms with van der Waals surface area (Å²) >= 11 is 3.02. The molecule has 0 aliphatic rings. The molecule has 0 aliphatic carbocycles. The Morgan fingerprint density at radius 1 is 1.16 bits per heavy atom. The van der Waals surface area contributed by atoms with Gasteiger partial charge in [0.2, 0.25) is 0 Å². The van der Waals surface area contributed by atoms with Crippen molar-refractivity contribution in [2.24, 2.45) is 0 Å². The fourth-order valence-electron chi connectivity index (χ4n) is 1.53. The van der Waals surface area contributed by atoms with Gasteiger partial charge >= 0.3 is 0 Å². The summed E-state index contributed by atoms with van der Waals surface area (Å²) in [5.74, 6) is 0. The molecule has 7 heteroatoms. The van der Waals surface area contributed by atoms with Gasteiger partial charge in [-0.25, -0.2) is 0 Å². The molecule has 0 bridgehead atoms. The second-order valence-corrected chi connectivity index (χ2v) is 7.22. The fourth-order valence-corrected chi connectivity index (χ4v) is 3.10. The van der Waals surface area contributed by atoms with E-state index in [0.29, 0.717) is 0 Å². The molecule has 19 heavy (non-hydrogen) atoms. The monoisotopic (exact) mass is 297 g/mol. The van der Waals surface area contributed by atoms with Crippen LogP contribution in [0.1, 0.15) is 44.8 Å². The Morgan fingerprint density at radius 3 is 2.63 bits per heavy atom. The molecule has 0 fully saturated rings. The predicted octanol–water partition coefficient (Wildman–Crippen LogP) is 2.90. The molecule has 1 N–H and O–H groups in total. The molecule has 5 nitrogen and oxygen atoms in total. The van der Waals surface area contributed by atoms with Crippen molar-refractivity contribution in [3.63, 3.8) is 0 Å². The number of hydrogen-bond donors (Lipinski definition) is 1. The van der Waals surface area contributed by atoms with Gasteiger partial charge in [-0.1, -0.05) is 29.2 Å². The maximum absolute atomic E-state index is 4.26. The van der Waals surface area contributed by atoms with Crippen LogP contribution in [0.5, 0.6) is 0 Å². The lowest BCUT2D eigenvalue weighted by Crippen LogP contribution is -2.35. The maximum Gasteiger partial charge on any atom is 0.161 e. The van der Waals surface area contributed by atoms with E-state index in [2.05, 4.69) is 52.8 Å². The molecule has 0 aliphatic heterocycles. The minimum absolute atomic E-state index is 0.0885. The van der Waals surface area contributed by atoms with Gasteiger partial charge in [-0.2, -0.15) is 0 Å². The zero-order valence-electron chi connectivity index (χ0n) is 11.7. The standard InChI is InChI=1S/C12H19N5S2/c1-5-6-8-10(19-17-14-8)11-16-15-9(18-11)7-13-12(2,3)4/h13H,5-7H2,1-4H3. The van der Waals surface area contributed by atoms with Crippen LogP contribution >= 0.6 is 22.9 Å². The first-order valence-electron chi connectivity index (χ1n) is 6.38. The van der Waals surface area contributed by atoms with Crippen LogP contribution in [0.15, 0.2) is 0 Å². The summed E-state index contributed by atoms with van der Waals surface area (Å²) in [7, 11) is 0. The molecule has 0 atom stereocenters. The van der Waals surface area contributed by atoms with Crippen molar-refractivity contribution < 1.29 is 0 Å². The Hall–Kier alpha value is -0.920. The van der Waals surface area contributed by atoms with Crippen molar-refractivity contribution in [3.8, 4) is 9.88 Å². The van der Waals surface area contributed by atoms with Crippen LogP contribution < -0.4 is 5.32 Å². The lowest BCUT2D eigenvalue weighted by molar-refractivity contribution is 0.423. The van der Waals surface area contributed by atoms with Crippen molar-refractivity contribution in [3.05, 3.63) is 10.7 Å². The number of nitrogens with zero attached hydrogens (tertiary/aromatic N) is 4. The molecule has 2 aromatic heterocycles. The number of hydrogen-bond acceptors (Lipinski definition) is 7. The summed E-state index contributed by atoms with van der Waals surface area (Å²) in [6.45, 7) is 9.31. The van der Waals surface area contributed by atoms with Gasteiger partial charge in [-0.05, 0) is 38.7 Å². The van der Waals surface area contributed by atoms with Crippen LogP contribution in [-0.2, 0) is 13.0 Å². The molecule has 0 saturated heterocycles. The average molecular weight is 297 g/mol. The molecular weight excluding hydrogens is 278 g/mol. The summed E-state index contributed by atoms with van der Waals surface area (Å²) in [6, 6.07) is 0.